The highest BCUT2D eigenvalue weighted by molar-refractivity contribution is 5.36. The lowest BCUT2D eigenvalue weighted by Crippen LogP contribution is -2.19. The van der Waals surface area contributed by atoms with Crippen molar-refractivity contribution < 1.29 is 13.2 Å². The second-order valence-corrected chi connectivity index (χ2v) is 4.65. The highest BCUT2D eigenvalue weighted by Gasteiger charge is 2.31. The van der Waals surface area contributed by atoms with Gasteiger partial charge in [0.1, 0.15) is 0 Å². The van der Waals surface area contributed by atoms with Crippen LogP contribution in [-0.2, 0) is 13.2 Å². The van der Waals surface area contributed by atoms with Gasteiger partial charge in [-0.05, 0) is 31.7 Å². The first-order valence-corrected chi connectivity index (χ1v) is 6.17. The minimum atomic E-state index is -4.34. The zero-order chi connectivity index (χ0) is 14.9. The number of rotatable bonds is 3. The molecule has 0 fully saturated rings. The molecule has 0 saturated carbocycles. The lowest BCUT2D eigenvalue weighted by molar-refractivity contribution is -0.137. The lowest BCUT2D eigenvalue weighted by atomic mass is 9.97. The topological polar surface area (TPSA) is 29.9 Å². The smallest absolute Gasteiger partial charge is 0.309 e. The van der Waals surface area contributed by atoms with Gasteiger partial charge >= 0.3 is 6.18 Å². The Morgan fingerprint density at radius 2 is 2.00 bits per heavy atom. The first-order chi connectivity index (χ1) is 9.34. The summed E-state index contributed by atoms with van der Waals surface area (Å²) in [5.74, 6) is 0. The quantitative estimate of drug-likeness (QED) is 0.938. The molecule has 1 heterocycles. The fourth-order valence-corrected chi connectivity index (χ4v) is 2.20. The molecule has 0 bridgehead atoms. The van der Waals surface area contributed by atoms with Gasteiger partial charge in [0.05, 0.1) is 17.8 Å². The molecule has 6 heteroatoms. The van der Waals surface area contributed by atoms with Crippen LogP contribution in [0.4, 0.5) is 13.2 Å². The SMILES string of the molecule is CNC(c1cccc(C(F)(F)F)c1)c1cnn(C)c1C. The van der Waals surface area contributed by atoms with Crippen molar-refractivity contribution in [2.24, 2.45) is 7.05 Å². The van der Waals surface area contributed by atoms with E-state index >= 15 is 0 Å². The summed E-state index contributed by atoms with van der Waals surface area (Å²) in [7, 11) is 3.52. The zero-order valence-electron chi connectivity index (χ0n) is 11.5. The van der Waals surface area contributed by atoms with Crippen LogP contribution in [0.2, 0.25) is 0 Å². The van der Waals surface area contributed by atoms with Crippen molar-refractivity contribution in [3.05, 3.63) is 52.8 Å². The van der Waals surface area contributed by atoms with Gasteiger partial charge in [-0.15, -0.1) is 0 Å². The minimum Gasteiger partial charge on any atom is -0.309 e. The summed E-state index contributed by atoms with van der Waals surface area (Å²) < 4.78 is 40.1. The Morgan fingerprint density at radius 1 is 1.30 bits per heavy atom. The number of nitrogens with zero attached hydrogens (tertiary/aromatic N) is 2. The molecule has 1 unspecified atom stereocenters. The molecule has 1 aromatic carbocycles. The van der Waals surface area contributed by atoms with Crippen LogP contribution in [0.3, 0.4) is 0 Å². The van der Waals surface area contributed by atoms with Crippen LogP contribution < -0.4 is 5.32 Å². The number of aryl methyl sites for hydroxylation is 1. The van der Waals surface area contributed by atoms with E-state index in [9.17, 15) is 13.2 Å². The zero-order valence-corrected chi connectivity index (χ0v) is 11.5. The minimum absolute atomic E-state index is 0.314. The van der Waals surface area contributed by atoms with E-state index in [1.807, 2.05) is 6.92 Å². The van der Waals surface area contributed by atoms with Gasteiger partial charge in [-0.3, -0.25) is 4.68 Å². The standard InChI is InChI=1S/C14H16F3N3/c1-9-12(8-19-20(9)3)13(18-2)10-5-4-6-11(7-10)14(15,16)17/h4-8,13,18H,1-3H3. The molecule has 0 amide bonds. The van der Waals surface area contributed by atoms with E-state index < -0.39 is 11.7 Å². The van der Waals surface area contributed by atoms with Crippen LogP contribution >= 0.6 is 0 Å². The second-order valence-electron chi connectivity index (χ2n) is 4.65. The molecule has 20 heavy (non-hydrogen) atoms. The summed E-state index contributed by atoms with van der Waals surface area (Å²) >= 11 is 0. The predicted octanol–water partition coefficient (Wildman–Crippen LogP) is 3.06. The highest BCUT2D eigenvalue weighted by atomic mass is 19.4. The molecular weight excluding hydrogens is 267 g/mol. The van der Waals surface area contributed by atoms with Gasteiger partial charge in [0, 0.05) is 18.3 Å². The average molecular weight is 283 g/mol. The average Bonchev–Trinajstić information content (AvgIpc) is 2.72. The van der Waals surface area contributed by atoms with Crippen LogP contribution in [0.15, 0.2) is 30.5 Å². The van der Waals surface area contributed by atoms with E-state index in [2.05, 4.69) is 10.4 Å². The normalized spacial score (nSPS) is 13.5. The van der Waals surface area contributed by atoms with E-state index in [1.165, 1.54) is 12.1 Å². The summed E-state index contributed by atoms with van der Waals surface area (Å²) in [6.45, 7) is 1.89. The van der Waals surface area contributed by atoms with Crippen molar-refractivity contribution in [1.29, 1.82) is 0 Å². The number of hydrogen-bond donors (Lipinski definition) is 1. The van der Waals surface area contributed by atoms with Crippen LogP contribution in [0, 0.1) is 6.92 Å². The van der Waals surface area contributed by atoms with Crippen LogP contribution in [-0.4, -0.2) is 16.8 Å². The molecule has 1 atom stereocenters. The van der Waals surface area contributed by atoms with Crippen molar-refractivity contribution in [3.63, 3.8) is 0 Å². The van der Waals surface area contributed by atoms with E-state index in [0.717, 1.165) is 17.3 Å². The number of aromatic nitrogens is 2. The van der Waals surface area contributed by atoms with Crippen molar-refractivity contribution in [2.45, 2.75) is 19.1 Å². The summed E-state index contributed by atoms with van der Waals surface area (Å²) in [6.07, 6.45) is -2.66. The summed E-state index contributed by atoms with van der Waals surface area (Å²) in [5, 5.41) is 7.18. The van der Waals surface area contributed by atoms with E-state index in [-0.39, 0.29) is 6.04 Å². The number of hydrogen-bond acceptors (Lipinski definition) is 2. The number of benzene rings is 1. The third kappa shape index (κ3) is 2.70. The molecule has 1 aromatic heterocycles. The number of halogens is 3. The molecule has 108 valence electrons. The van der Waals surface area contributed by atoms with Crippen LogP contribution in [0.25, 0.3) is 0 Å². The molecule has 1 N–H and O–H groups in total. The maximum absolute atomic E-state index is 12.8. The van der Waals surface area contributed by atoms with Crippen LogP contribution in [0.1, 0.15) is 28.4 Å². The molecule has 0 radical (unpaired) electrons. The van der Waals surface area contributed by atoms with Crippen LogP contribution in [0.5, 0.6) is 0 Å². The van der Waals surface area contributed by atoms with Crippen molar-refractivity contribution in [2.75, 3.05) is 7.05 Å². The second kappa shape index (κ2) is 5.28. The van der Waals surface area contributed by atoms with Gasteiger partial charge in [0.15, 0.2) is 0 Å². The Morgan fingerprint density at radius 3 is 2.50 bits per heavy atom. The summed E-state index contributed by atoms with van der Waals surface area (Å²) in [5.41, 5.74) is 1.71. The molecule has 0 aliphatic rings. The Labute approximate surface area is 115 Å². The maximum Gasteiger partial charge on any atom is 0.416 e. The molecule has 2 aromatic rings. The van der Waals surface area contributed by atoms with Crippen molar-refractivity contribution >= 4 is 0 Å². The van der Waals surface area contributed by atoms with Crippen molar-refractivity contribution in [3.8, 4) is 0 Å². The molecule has 2 rings (SSSR count). The third-order valence-electron chi connectivity index (χ3n) is 3.42. The molecule has 3 nitrogen and oxygen atoms in total. The third-order valence-corrected chi connectivity index (χ3v) is 3.42. The van der Waals surface area contributed by atoms with E-state index in [0.29, 0.717) is 5.56 Å². The van der Waals surface area contributed by atoms with Gasteiger partial charge < -0.3 is 5.32 Å². The Kier molecular flexibility index (Phi) is 3.85. The van der Waals surface area contributed by atoms with Gasteiger partial charge in [0.25, 0.3) is 0 Å². The van der Waals surface area contributed by atoms with Gasteiger partial charge in [-0.2, -0.15) is 18.3 Å². The molecule has 0 saturated heterocycles. The predicted molar refractivity (Wildman–Crippen MR) is 70.3 cm³/mol. The maximum atomic E-state index is 12.8. The Hall–Kier alpha value is -1.82. The Bertz CT molecular complexity index is 602. The Balaban J connectivity index is 2.45. The number of alkyl halides is 3. The first kappa shape index (κ1) is 14.6. The van der Waals surface area contributed by atoms with E-state index in [1.54, 1.807) is 31.0 Å². The molecule has 0 spiro atoms. The van der Waals surface area contributed by atoms with E-state index in [4.69, 9.17) is 0 Å². The largest absolute Gasteiger partial charge is 0.416 e. The first-order valence-electron chi connectivity index (χ1n) is 6.17. The monoisotopic (exact) mass is 283 g/mol. The number of nitrogens with one attached hydrogen (secondary N) is 1. The fraction of sp³-hybridized carbons (Fsp3) is 0.357. The molecule has 0 aliphatic heterocycles. The molecular formula is C14H16F3N3. The van der Waals surface area contributed by atoms with Gasteiger partial charge in [0.2, 0.25) is 0 Å². The highest BCUT2D eigenvalue weighted by Crippen LogP contribution is 2.32. The molecule has 0 aliphatic carbocycles. The summed E-state index contributed by atoms with van der Waals surface area (Å²) in [6, 6.07) is 5.04. The summed E-state index contributed by atoms with van der Waals surface area (Å²) in [4.78, 5) is 0. The lowest BCUT2D eigenvalue weighted by Gasteiger charge is -2.18. The van der Waals surface area contributed by atoms with Gasteiger partial charge in [-0.25, -0.2) is 0 Å². The fourth-order valence-electron chi connectivity index (χ4n) is 2.20. The van der Waals surface area contributed by atoms with Crippen molar-refractivity contribution in [1.82, 2.24) is 15.1 Å². The van der Waals surface area contributed by atoms with Gasteiger partial charge in [-0.1, -0.05) is 12.1 Å².